The zero-order valence-electron chi connectivity index (χ0n) is 10.8. The Morgan fingerprint density at radius 1 is 1.00 bits per heavy atom. The molecule has 0 spiro atoms. The maximum Gasteiger partial charge on any atom is 0.0453 e. The van der Waals surface area contributed by atoms with Crippen molar-refractivity contribution in [3.05, 3.63) is 59.1 Å². The Kier molecular flexibility index (Phi) is 5.62. The largest absolute Gasteiger partial charge is 0.398 e. The van der Waals surface area contributed by atoms with Crippen molar-refractivity contribution >= 4 is 29.1 Å². The van der Waals surface area contributed by atoms with Gasteiger partial charge in [0, 0.05) is 15.6 Å². The zero-order chi connectivity index (χ0) is 13.5. The van der Waals surface area contributed by atoms with Crippen LogP contribution in [0.1, 0.15) is 18.4 Å². The molecule has 0 aliphatic heterocycles. The molecule has 0 saturated heterocycles. The second-order valence-corrected chi connectivity index (χ2v) is 6.05. The van der Waals surface area contributed by atoms with Crippen LogP contribution in [0, 0.1) is 0 Å². The van der Waals surface area contributed by atoms with E-state index in [1.807, 2.05) is 18.2 Å². The highest BCUT2D eigenvalue weighted by Gasteiger charge is 2.01. The topological polar surface area (TPSA) is 26.0 Å². The molecule has 0 heterocycles. The first-order valence-corrected chi connectivity index (χ1v) is 7.84. The molecule has 0 radical (unpaired) electrons. The van der Waals surface area contributed by atoms with Crippen molar-refractivity contribution in [3.63, 3.8) is 0 Å². The van der Waals surface area contributed by atoms with Crippen LogP contribution in [0.3, 0.4) is 0 Å². The summed E-state index contributed by atoms with van der Waals surface area (Å²) >= 11 is 7.75. The Morgan fingerprint density at radius 2 is 1.79 bits per heavy atom. The van der Waals surface area contributed by atoms with Crippen molar-refractivity contribution in [1.29, 1.82) is 0 Å². The fraction of sp³-hybridized carbons (Fsp3) is 0.250. The summed E-state index contributed by atoms with van der Waals surface area (Å²) in [6.07, 6.45) is 3.54. The molecular weight excluding hydrogens is 274 g/mol. The number of nitrogen functional groups attached to an aromatic ring is 1. The van der Waals surface area contributed by atoms with Crippen molar-refractivity contribution in [2.24, 2.45) is 0 Å². The fourth-order valence-corrected chi connectivity index (χ4v) is 3.14. The molecule has 2 N–H and O–H groups in total. The van der Waals surface area contributed by atoms with Crippen LogP contribution >= 0.6 is 23.4 Å². The molecule has 1 nitrogen and oxygen atoms in total. The Balaban J connectivity index is 1.71. The first-order chi connectivity index (χ1) is 9.25. The van der Waals surface area contributed by atoms with Crippen LogP contribution in [-0.4, -0.2) is 5.75 Å². The third kappa shape index (κ3) is 4.81. The summed E-state index contributed by atoms with van der Waals surface area (Å²) in [6, 6.07) is 16.3. The fourth-order valence-electron chi connectivity index (χ4n) is 1.89. The van der Waals surface area contributed by atoms with E-state index in [1.54, 1.807) is 11.8 Å². The second-order valence-electron chi connectivity index (χ2n) is 4.47. The minimum Gasteiger partial charge on any atom is -0.398 e. The summed E-state index contributed by atoms with van der Waals surface area (Å²) in [7, 11) is 0. The van der Waals surface area contributed by atoms with Crippen LogP contribution in [0.4, 0.5) is 5.69 Å². The summed E-state index contributed by atoms with van der Waals surface area (Å²) in [6.45, 7) is 0. The Hall–Kier alpha value is -1.12. The third-order valence-electron chi connectivity index (χ3n) is 2.94. The molecule has 0 aliphatic rings. The molecule has 0 fully saturated rings. The minimum absolute atomic E-state index is 0.751. The number of unbranched alkanes of at least 4 members (excludes halogenated alkanes) is 1. The standard InChI is InChI=1S/C16H18ClNS/c17-14-9-10-15(18)16(12-14)19-11-5-4-8-13-6-2-1-3-7-13/h1-3,6-7,9-10,12H,4-5,8,11,18H2. The van der Waals surface area contributed by atoms with E-state index >= 15 is 0 Å². The van der Waals surface area contributed by atoms with E-state index in [9.17, 15) is 0 Å². The van der Waals surface area contributed by atoms with E-state index in [-0.39, 0.29) is 0 Å². The van der Waals surface area contributed by atoms with E-state index in [0.29, 0.717) is 0 Å². The summed E-state index contributed by atoms with van der Waals surface area (Å²) in [4.78, 5) is 1.09. The lowest BCUT2D eigenvalue weighted by molar-refractivity contribution is 0.802. The van der Waals surface area contributed by atoms with Crippen molar-refractivity contribution in [2.75, 3.05) is 11.5 Å². The van der Waals surface area contributed by atoms with Crippen LogP contribution in [0.25, 0.3) is 0 Å². The number of aryl methyl sites for hydroxylation is 1. The van der Waals surface area contributed by atoms with Gasteiger partial charge in [0.1, 0.15) is 0 Å². The molecule has 2 rings (SSSR count). The van der Waals surface area contributed by atoms with E-state index in [0.717, 1.165) is 27.8 Å². The van der Waals surface area contributed by atoms with Gasteiger partial charge in [0.15, 0.2) is 0 Å². The van der Waals surface area contributed by atoms with Crippen molar-refractivity contribution < 1.29 is 0 Å². The molecule has 100 valence electrons. The van der Waals surface area contributed by atoms with Gasteiger partial charge in [-0.3, -0.25) is 0 Å². The maximum atomic E-state index is 5.97. The lowest BCUT2D eigenvalue weighted by Gasteiger charge is -2.06. The molecule has 0 aromatic heterocycles. The number of anilines is 1. The number of benzene rings is 2. The summed E-state index contributed by atoms with van der Waals surface area (Å²) < 4.78 is 0. The summed E-state index contributed by atoms with van der Waals surface area (Å²) in [5.74, 6) is 1.08. The normalized spacial score (nSPS) is 10.6. The predicted molar refractivity (Wildman–Crippen MR) is 86.0 cm³/mol. The molecule has 3 heteroatoms. The van der Waals surface area contributed by atoms with Gasteiger partial charge >= 0.3 is 0 Å². The average Bonchev–Trinajstić information content (AvgIpc) is 2.43. The van der Waals surface area contributed by atoms with Gasteiger partial charge in [-0.2, -0.15) is 0 Å². The van der Waals surface area contributed by atoms with E-state index in [1.165, 1.54) is 18.4 Å². The summed E-state index contributed by atoms with van der Waals surface area (Å²) in [5, 5.41) is 0.751. The molecule has 0 bridgehead atoms. The number of hydrogen-bond acceptors (Lipinski definition) is 2. The number of halogens is 1. The van der Waals surface area contributed by atoms with Gasteiger partial charge in [-0.1, -0.05) is 41.9 Å². The second kappa shape index (κ2) is 7.46. The number of thioether (sulfide) groups is 1. The van der Waals surface area contributed by atoms with Gasteiger partial charge in [0.2, 0.25) is 0 Å². The number of nitrogens with two attached hydrogens (primary N) is 1. The molecule has 0 amide bonds. The minimum atomic E-state index is 0.751. The van der Waals surface area contributed by atoms with Crippen LogP contribution in [0.15, 0.2) is 53.4 Å². The van der Waals surface area contributed by atoms with Crippen LogP contribution < -0.4 is 5.73 Å². The van der Waals surface area contributed by atoms with Gasteiger partial charge in [-0.25, -0.2) is 0 Å². The van der Waals surface area contributed by atoms with E-state index in [4.69, 9.17) is 17.3 Å². The molecule has 0 unspecified atom stereocenters. The Bertz CT molecular complexity index is 513. The lowest BCUT2D eigenvalue weighted by Crippen LogP contribution is -1.90. The molecule has 0 aliphatic carbocycles. The van der Waals surface area contributed by atoms with Gasteiger partial charge in [0.25, 0.3) is 0 Å². The van der Waals surface area contributed by atoms with Gasteiger partial charge in [0.05, 0.1) is 0 Å². The SMILES string of the molecule is Nc1ccc(Cl)cc1SCCCCc1ccccc1. The monoisotopic (exact) mass is 291 g/mol. The number of rotatable bonds is 6. The van der Waals surface area contributed by atoms with Crippen molar-refractivity contribution in [2.45, 2.75) is 24.2 Å². The van der Waals surface area contributed by atoms with Gasteiger partial charge in [-0.05, 0) is 48.8 Å². The molecular formula is C16H18ClNS. The third-order valence-corrected chi connectivity index (χ3v) is 4.33. The van der Waals surface area contributed by atoms with Gasteiger partial charge < -0.3 is 5.73 Å². The summed E-state index contributed by atoms with van der Waals surface area (Å²) in [5.41, 5.74) is 8.14. The van der Waals surface area contributed by atoms with Crippen LogP contribution in [0.2, 0.25) is 5.02 Å². The maximum absolute atomic E-state index is 5.97. The van der Waals surface area contributed by atoms with Crippen LogP contribution in [-0.2, 0) is 6.42 Å². The van der Waals surface area contributed by atoms with Crippen LogP contribution in [0.5, 0.6) is 0 Å². The molecule has 19 heavy (non-hydrogen) atoms. The van der Waals surface area contributed by atoms with Crippen molar-refractivity contribution in [3.8, 4) is 0 Å². The van der Waals surface area contributed by atoms with Crippen molar-refractivity contribution in [1.82, 2.24) is 0 Å². The first kappa shape index (κ1) is 14.3. The molecule has 0 atom stereocenters. The van der Waals surface area contributed by atoms with E-state index in [2.05, 4.69) is 30.3 Å². The highest BCUT2D eigenvalue weighted by molar-refractivity contribution is 7.99. The van der Waals surface area contributed by atoms with E-state index < -0.39 is 0 Å². The Labute approximate surface area is 124 Å². The zero-order valence-corrected chi connectivity index (χ0v) is 12.4. The van der Waals surface area contributed by atoms with Gasteiger partial charge in [-0.15, -0.1) is 11.8 Å². The highest BCUT2D eigenvalue weighted by Crippen LogP contribution is 2.28. The molecule has 2 aromatic carbocycles. The quantitative estimate of drug-likeness (QED) is 0.458. The first-order valence-electron chi connectivity index (χ1n) is 6.47. The Morgan fingerprint density at radius 3 is 2.58 bits per heavy atom. The highest BCUT2D eigenvalue weighted by atomic mass is 35.5. The lowest BCUT2D eigenvalue weighted by atomic mass is 10.1. The smallest absolute Gasteiger partial charge is 0.0453 e. The molecule has 0 saturated carbocycles. The predicted octanol–water partition coefficient (Wildman–Crippen LogP) is 5.04. The molecule has 2 aromatic rings. The average molecular weight is 292 g/mol. The number of hydrogen-bond donors (Lipinski definition) is 1.